The van der Waals surface area contributed by atoms with E-state index in [1.807, 2.05) is 0 Å². The number of aromatic hydroxyl groups is 1. The number of hydrogen-bond donors (Lipinski definition) is 1. The van der Waals surface area contributed by atoms with Crippen molar-refractivity contribution in [3.63, 3.8) is 0 Å². The second-order valence-corrected chi connectivity index (χ2v) is 3.57. The molecule has 0 aliphatic rings. The van der Waals surface area contributed by atoms with E-state index in [-0.39, 0.29) is 18.0 Å². The molecular formula is C11H12F3NO4. The van der Waals surface area contributed by atoms with Gasteiger partial charge in [0.25, 0.3) is 0 Å². The van der Waals surface area contributed by atoms with Gasteiger partial charge in [-0.1, -0.05) is 0 Å². The largest absolute Gasteiger partial charge is 0.573 e. The Balaban J connectivity index is 3.06. The maximum atomic E-state index is 12.2. The SMILES string of the molecule is CCOC(=O)Cc1nc(C)c(O)cc1OC(F)(F)F. The summed E-state index contributed by atoms with van der Waals surface area (Å²) in [5.41, 5.74) is -0.153. The minimum Gasteiger partial charge on any atom is -0.506 e. The highest BCUT2D eigenvalue weighted by Crippen LogP contribution is 2.30. The molecule has 1 N–H and O–H groups in total. The van der Waals surface area contributed by atoms with E-state index >= 15 is 0 Å². The number of carbonyl (C=O) groups excluding carboxylic acids is 1. The van der Waals surface area contributed by atoms with Gasteiger partial charge in [-0.2, -0.15) is 0 Å². The Labute approximate surface area is 107 Å². The normalized spacial score (nSPS) is 11.2. The number of halogens is 3. The van der Waals surface area contributed by atoms with Crippen molar-refractivity contribution < 1.29 is 32.5 Å². The average Bonchev–Trinajstić information content (AvgIpc) is 2.23. The van der Waals surface area contributed by atoms with Gasteiger partial charge in [0, 0.05) is 6.07 Å². The molecule has 19 heavy (non-hydrogen) atoms. The molecule has 0 bridgehead atoms. The van der Waals surface area contributed by atoms with Crippen LogP contribution in [0, 0.1) is 6.92 Å². The Kier molecular flexibility index (Phi) is 4.57. The molecule has 0 spiro atoms. The Bertz CT molecular complexity index is 474. The van der Waals surface area contributed by atoms with Gasteiger partial charge in [-0.25, -0.2) is 4.98 Å². The summed E-state index contributed by atoms with van der Waals surface area (Å²) in [6, 6.07) is 0.768. The molecule has 0 saturated heterocycles. The lowest BCUT2D eigenvalue weighted by atomic mass is 10.2. The van der Waals surface area contributed by atoms with Crippen molar-refractivity contribution in [2.24, 2.45) is 0 Å². The van der Waals surface area contributed by atoms with Gasteiger partial charge in [-0.05, 0) is 13.8 Å². The van der Waals surface area contributed by atoms with Gasteiger partial charge in [-0.3, -0.25) is 4.79 Å². The highest BCUT2D eigenvalue weighted by Gasteiger charge is 2.33. The van der Waals surface area contributed by atoms with Crippen molar-refractivity contribution >= 4 is 5.97 Å². The molecule has 0 saturated carbocycles. The molecule has 0 atom stereocenters. The third-order valence-electron chi connectivity index (χ3n) is 2.07. The maximum absolute atomic E-state index is 12.2. The molecule has 5 nitrogen and oxygen atoms in total. The first-order valence-electron chi connectivity index (χ1n) is 5.33. The third-order valence-corrected chi connectivity index (χ3v) is 2.07. The van der Waals surface area contributed by atoms with Gasteiger partial charge in [0.2, 0.25) is 0 Å². The lowest BCUT2D eigenvalue weighted by Gasteiger charge is -2.13. The molecule has 1 heterocycles. The van der Waals surface area contributed by atoms with Crippen LogP contribution in [0.1, 0.15) is 18.3 Å². The van der Waals surface area contributed by atoms with Gasteiger partial charge < -0.3 is 14.6 Å². The van der Waals surface area contributed by atoms with Crippen molar-refractivity contribution in [1.29, 1.82) is 0 Å². The molecule has 0 fully saturated rings. The molecule has 106 valence electrons. The number of aromatic nitrogens is 1. The molecule has 1 rings (SSSR count). The zero-order chi connectivity index (χ0) is 14.6. The summed E-state index contributed by atoms with van der Waals surface area (Å²) in [5, 5.41) is 9.33. The number of esters is 1. The number of carbonyl (C=O) groups is 1. The van der Waals surface area contributed by atoms with Crippen LogP contribution in [-0.2, 0) is 16.0 Å². The van der Waals surface area contributed by atoms with Crippen molar-refractivity contribution in [2.75, 3.05) is 6.61 Å². The molecule has 0 amide bonds. The van der Waals surface area contributed by atoms with Crippen molar-refractivity contribution in [2.45, 2.75) is 26.6 Å². The number of ether oxygens (including phenoxy) is 2. The van der Waals surface area contributed by atoms with Gasteiger partial charge in [0.1, 0.15) is 5.75 Å². The quantitative estimate of drug-likeness (QED) is 0.855. The van der Waals surface area contributed by atoms with Crippen molar-refractivity contribution in [3.05, 3.63) is 17.5 Å². The summed E-state index contributed by atoms with van der Waals surface area (Å²) in [7, 11) is 0. The fourth-order valence-electron chi connectivity index (χ4n) is 1.32. The number of aryl methyl sites for hydroxylation is 1. The third kappa shape index (κ3) is 4.65. The summed E-state index contributed by atoms with van der Waals surface area (Å²) >= 11 is 0. The number of pyridine rings is 1. The zero-order valence-electron chi connectivity index (χ0n) is 10.2. The van der Waals surface area contributed by atoms with Gasteiger partial charge in [-0.15, -0.1) is 13.2 Å². The zero-order valence-corrected chi connectivity index (χ0v) is 10.2. The van der Waals surface area contributed by atoms with E-state index < -0.39 is 30.3 Å². The van der Waals surface area contributed by atoms with Crippen LogP contribution in [-0.4, -0.2) is 29.0 Å². The molecule has 0 aliphatic heterocycles. The summed E-state index contributed by atoms with van der Waals surface area (Å²) in [4.78, 5) is 15.0. The molecule has 0 unspecified atom stereocenters. The Morgan fingerprint density at radius 2 is 2.11 bits per heavy atom. The first-order chi connectivity index (χ1) is 8.73. The molecule has 0 aliphatic carbocycles. The smallest absolute Gasteiger partial charge is 0.506 e. The highest BCUT2D eigenvalue weighted by atomic mass is 19.4. The van der Waals surface area contributed by atoms with Gasteiger partial charge in [0.15, 0.2) is 5.75 Å². The lowest BCUT2D eigenvalue weighted by Crippen LogP contribution is -2.20. The second-order valence-electron chi connectivity index (χ2n) is 3.57. The minimum atomic E-state index is -4.94. The Morgan fingerprint density at radius 3 is 2.63 bits per heavy atom. The van der Waals surface area contributed by atoms with Crippen LogP contribution >= 0.6 is 0 Å². The van der Waals surface area contributed by atoms with Crippen LogP contribution in [0.5, 0.6) is 11.5 Å². The number of alkyl halides is 3. The van der Waals surface area contributed by atoms with E-state index in [1.54, 1.807) is 6.92 Å². The van der Waals surface area contributed by atoms with E-state index in [4.69, 9.17) is 0 Å². The fraction of sp³-hybridized carbons (Fsp3) is 0.455. The first-order valence-corrected chi connectivity index (χ1v) is 5.33. The molecule has 0 radical (unpaired) electrons. The number of nitrogens with zero attached hydrogens (tertiary/aromatic N) is 1. The molecule has 1 aromatic rings. The topological polar surface area (TPSA) is 68.7 Å². The van der Waals surface area contributed by atoms with Crippen molar-refractivity contribution in [3.8, 4) is 11.5 Å². The lowest BCUT2D eigenvalue weighted by molar-refractivity contribution is -0.275. The van der Waals surface area contributed by atoms with Gasteiger partial charge >= 0.3 is 12.3 Å². The predicted octanol–water partition coefficient (Wildman–Crippen LogP) is 2.10. The Morgan fingerprint density at radius 1 is 1.47 bits per heavy atom. The fourth-order valence-corrected chi connectivity index (χ4v) is 1.32. The average molecular weight is 279 g/mol. The van der Waals surface area contributed by atoms with Crippen LogP contribution < -0.4 is 4.74 Å². The van der Waals surface area contributed by atoms with Crippen LogP contribution in [0.3, 0.4) is 0 Å². The van der Waals surface area contributed by atoms with E-state index in [2.05, 4.69) is 14.5 Å². The summed E-state index contributed by atoms with van der Waals surface area (Å²) in [6.07, 6.45) is -5.41. The molecular weight excluding hydrogens is 267 g/mol. The van der Waals surface area contributed by atoms with Crippen LogP contribution in [0.25, 0.3) is 0 Å². The van der Waals surface area contributed by atoms with Crippen LogP contribution in [0.2, 0.25) is 0 Å². The van der Waals surface area contributed by atoms with E-state index in [0.717, 1.165) is 6.07 Å². The molecule has 0 aromatic carbocycles. The van der Waals surface area contributed by atoms with Crippen molar-refractivity contribution in [1.82, 2.24) is 4.98 Å². The van der Waals surface area contributed by atoms with Crippen LogP contribution in [0.15, 0.2) is 6.07 Å². The predicted molar refractivity (Wildman–Crippen MR) is 57.7 cm³/mol. The van der Waals surface area contributed by atoms with E-state index in [9.17, 15) is 23.1 Å². The number of rotatable bonds is 4. The Hall–Kier alpha value is -1.99. The van der Waals surface area contributed by atoms with E-state index in [0.29, 0.717) is 0 Å². The molecule has 8 heteroatoms. The van der Waals surface area contributed by atoms with Crippen LogP contribution in [0.4, 0.5) is 13.2 Å². The standard InChI is InChI=1S/C11H12F3NO4/c1-3-18-10(17)4-7-9(19-11(12,13)14)5-8(16)6(2)15-7/h5,16H,3-4H2,1-2H3. The summed E-state index contributed by atoms with van der Waals surface area (Å²) in [5.74, 6) is -1.90. The summed E-state index contributed by atoms with van der Waals surface area (Å²) in [6.45, 7) is 3.06. The summed E-state index contributed by atoms with van der Waals surface area (Å²) < 4.78 is 44.9. The highest BCUT2D eigenvalue weighted by molar-refractivity contribution is 5.73. The molecule has 1 aromatic heterocycles. The monoisotopic (exact) mass is 279 g/mol. The first kappa shape index (κ1) is 15.1. The van der Waals surface area contributed by atoms with E-state index in [1.165, 1.54) is 6.92 Å². The van der Waals surface area contributed by atoms with Gasteiger partial charge in [0.05, 0.1) is 24.4 Å². The minimum absolute atomic E-state index is 0.0915. The second kappa shape index (κ2) is 5.77. The number of hydrogen-bond acceptors (Lipinski definition) is 5. The maximum Gasteiger partial charge on any atom is 0.573 e.